The summed E-state index contributed by atoms with van der Waals surface area (Å²) in [6.45, 7) is 0.0148. The van der Waals surface area contributed by atoms with E-state index in [1.54, 1.807) is 0 Å². The second kappa shape index (κ2) is 3.55. The zero-order chi connectivity index (χ0) is 10.1. The fraction of sp³-hybridized carbons (Fsp3) is 0.857. The van der Waals surface area contributed by atoms with Gasteiger partial charge in [0.05, 0.1) is 12.6 Å². The Bertz CT molecular complexity index is 204. The summed E-state index contributed by atoms with van der Waals surface area (Å²) in [6, 6.07) is 0. The average molecular weight is 195 g/mol. The van der Waals surface area contributed by atoms with Crippen LogP contribution in [0.2, 0.25) is 0 Å². The van der Waals surface area contributed by atoms with Crippen LogP contribution in [0.5, 0.6) is 0 Å². The summed E-state index contributed by atoms with van der Waals surface area (Å²) in [5.74, 6) is -5.73. The van der Waals surface area contributed by atoms with Crippen molar-refractivity contribution in [3.63, 3.8) is 0 Å². The van der Waals surface area contributed by atoms with Crippen molar-refractivity contribution in [1.29, 1.82) is 0 Å². The van der Waals surface area contributed by atoms with Crippen LogP contribution in [0.25, 0.3) is 0 Å². The number of aliphatic carboxylic acids is 1. The van der Waals surface area contributed by atoms with Crippen molar-refractivity contribution >= 4 is 5.97 Å². The van der Waals surface area contributed by atoms with Gasteiger partial charge in [-0.3, -0.25) is 4.90 Å². The first kappa shape index (κ1) is 10.3. The van der Waals surface area contributed by atoms with E-state index >= 15 is 0 Å². The van der Waals surface area contributed by atoms with Crippen LogP contribution >= 0.6 is 0 Å². The van der Waals surface area contributed by atoms with Crippen molar-refractivity contribution in [2.75, 3.05) is 26.7 Å². The minimum Gasteiger partial charge on any atom is -0.477 e. The van der Waals surface area contributed by atoms with Crippen molar-refractivity contribution in [2.45, 2.75) is 12.0 Å². The smallest absolute Gasteiger partial charge is 0.375 e. The second-order valence-electron chi connectivity index (χ2n) is 3.06. The van der Waals surface area contributed by atoms with E-state index in [-0.39, 0.29) is 6.10 Å². The highest BCUT2D eigenvalue weighted by Crippen LogP contribution is 2.20. The van der Waals surface area contributed by atoms with E-state index < -0.39 is 18.4 Å². The number of alkyl halides is 2. The van der Waals surface area contributed by atoms with Crippen LogP contribution in [0.1, 0.15) is 0 Å². The first-order chi connectivity index (χ1) is 5.95. The lowest BCUT2D eigenvalue weighted by Gasteiger charge is -2.38. The van der Waals surface area contributed by atoms with E-state index in [4.69, 9.17) is 9.84 Å². The molecule has 0 atom stereocenters. The third-order valence-electron chi connectivity index (χ3n) is 1.99. The van der Waals surface area contributed by atoms with Crippen molar-refractivity contribution in [2.24, 2.45) is 0 Å². The molecule has 0 amide bonds. The first-order valence-electron chi connectivity index (χ1n) is 3.82. The molecule has 6 heteroatoms. The van der Waals surface area contributed by atoms with Crippen LogP contribution in [-0.4, -0.2) is 54.7 Å². The zero-order valence-corrected chi connectivity index (χ0v) is 7.17. The average Bonchev–Trinajstić information content (AvgIpc) is 1.95. The fourth-order valence-electron chi connectivity index (χ4n) is 1.15. The summed E-state index contributed by atoms with van der Waals surface area (Å²) in [5, 5.41) is 8.12. The third kappa shape index (κ3) is 2.35. The number of nitrogens with zero attached hydrogens (tertiary/aromatic N) is 1. The largest absolute Gasteiger partial charge is 0.477 e. The predicted octanol–water partition coefficient (Wildman–Crippen LogP) is 0.0369. The Kier molecular flexibility index (Phi) is 2.82. The molecular formula is C7H11F2NO3. The summed E-state index contributed by atoms with van der Waals surface area (Å²) in [4.78, 5) is 11.4. The predicted molar refractivity (Wildman–Crippen MR) is 39.8 cm³/mol. The van der Waals surface area contributed by atoms with E-state index in [0.717, 1.165) is 0 Å². The number of halogens is 2. The molecule has 1 fully saturated rings. The molecule has 0 aromatic carbocycles. The van der Waals surface area contributed by atoms with Gasteiger partial charge in [0.1, 0.15) is 0 Å². The van der Waals surface area contributed by atoms with Crippen LogP contribution < -0.4 is 0 Å². The molecule has 1 rings (SSSR count). The van der Waals surface area contributed by atoms with Crippen molar-refractivity contribution in [3.05, 3.63) is 0 Å². The first-order valence-corrected chi connectivity index (χ1v) is 3.82. The zero-order valence-electron chi connectivity index (χ0n) is 7.17. The molecule has 4 nitrogen and oxygen atoms in total. The Morgan fingerprint density at radius 3 is 2.62 bits per heavy atom. The van der Waals surface area contributed by atoms with Gasteiger partial charge in [-0.15, -0.1) is 0 Å². The van der Waals surface area contributed by atoms with Gasteiger partial charge in [0.2, 0.25) is 0 Å². The van der Waals surface area contributed by atoms with Crippen LogP contribution in [0.3, 0.4) is 0 Å². The molecule has 76 valence electrons. The summed E-state index contributed by atoms with van der Waals surface area (Å²) in [6.07, 6.45) is -0.0374. The van der Waals surface area contributed by atoms with Gasteiger partial charge in [-0.2, -0.15) is 8.78 Å². The highest BCUT2D eigenvalue weighted by atomic mass is 19.3. The summed E-state index contributed by atoms with van der Waals surface area (Å²) in [7, 11) is 1.50. The van der Waals surface area contributed by atoms with Gasteiger partial charge in [0, 0.05) is 20.2 Å². The molecule has 1 heterocycles. The van der Waals surface area contributed by atoms with Crippen LogP contribution in [-0.2, 0) is 9.53 Å². The highest BCUT2D eigenvalue weighted by Gasteiger charge is 2.43. The summed E-state index contributed by atoms with van der Waals surface area (Å²) >= 11 is 0. The number of carboxylic acids is 1. The summed E-state index contributed by atoms with van der Waals surface area (Å²) in [5.41, 5.74) is 0. The molecule has 1 saturated heterocycles. The molecule has 0 radical (unpaired) electrons. The molecule has 1 N–H and O–H groups in total. The Morgan fingerprint density at radius 1 is 1.69 bits per heavy atom. The molecule has 0 aliphatic carbocycles. The van der Waals surface area contributed by atoms with Gasteiger partial charge >= 0.3 is 11.9 Å². The SMILES string of the molecule is COC1CN(CC(F)(F)C(=O)O)C1. The highest BCUT2D eigenvalue weighted by molar-refractivity contribution is 5.75. The lowest BCUT2D eigenvalue weighted by atomic mass is 10.1. The molecule has 0 aromatic heterocycles. The van der Waals surface area contributed by atoms with Crippen LogP contribution in [0, 0.1) is 0 Å². The monoisotopic (exact) mass is 195 g/mol. The lowest BCUT2D eigenvalue weighted by Crippen LogP contribution is -2.56. The Morgan fingerprint density at radius 2 is 2.23 bits per heavy atom. The number of carboxylic acid groups (broad SMARTS) is 1. The second-order valence-corrected chi connectivity index (χ2v) is 3.06. The van der Waals surface area contributed by atoms with Gasteiger partial charge in [-0.25, -0.2) is 4.79 Å². The number of ether oxygens (including phenoxy) is 1. The quantitative estimate of drug-likeness (QED) is 0.688. The minimum absolute atomic E-state index is 0.0374. The van der Waals surface area contributed by atoms with Gasteiger partial charge in [-0.1, -0.05) is 0 Å². The maximum absolute atomic E-state index is 12.6. The van der Waals surface area contributed by atoms with Gasteiger partial charge in [-0.05, 0) is 0 Å². The number of likely N-dealkylation sites (tertiary alicyclic amines) is 1. The standard InChI is InChI=1S/C7H11F2NO3/c1-13-5-2-10(3-5)4-7(8,9)6(11)12/h5H,2-4H2,1H3,(H,11,12). The molecule has 13 heavy (non-hydrogen) atoms. The van der Waals surface area contributed by atoms with Crippen molar-refractivity contribution in [3.8, 4) is 0 Å². The molecule has 1 aliphatic rings. The fourth-order valence-corrected chi connectivity index (χ4v) is 1.15. The lowest BCUT2D eigenvalue weighted by molar-refractivity contribution is -0.171. The van der Waals surface area contributed by atoms with Crippen LogP contribution in [0.4, 0.5) is 8.78 Å². The molecule has 0 unspecified atom stereocenters. The Balaban J connectivity index is 2.31. The van der Waals surface area contributed by atoms with Gasteiger partial charge in [0.15, 0.2) is 0 Å². The molecule has 0 aromatic rings. The summed E-state index contributed by atoms with van der Waals surface area (Å²) < 4.78 is 30.0. The number of methoxy groups -OCH3 is 1. The van der Waals surface area contributed by atoms with E-state index in [1.807, 2.05) is 0 Å². The minimum atomic E-state index is -3.65. The van der Waals surface area contributed by atoms with Crippen molar-refractivity contribution in [1.82, 2.24) is 4.90 Å². The van der Waals surface area contributed by atoms with Gasteiger partial charge < -0.3 is 9.84 Å². The Labute approximate surface area is 74.1 Å². The topological polar surface area (TPSA) is 49.8 Å². The van der Waals surface area contributed by atoms with E-state index in [9.17, 15) is 13.6 Å². The number of rotatable bonds is 4. The number of hydrogen-bond acceptors (Lipinski definition) is 3. The van der Waals surface area contributed by atoms with E-state index in [2.05, 4.69) is 0 Å². The maximum Gasteiger partial charge on any atom is 0.375 e. The third-order valence-corrected chi connectivity index (χ3v) is 1.99. The Hall–Kier alpha value is -0.750. The van der Waals surface area contributed by atoms with Gasteiger partial charge in [0.25, 0.3) is 0 Å². The maximum atomic E-state index is 12.6. The molecule has 1 aliphatic heterocycles. The van der Waals surface area contributed by atoms with Crippen LogP contribution in [0.15, 0.2) is 0 Å². The molecule has 0 bridgehead atoms. The van der Waals surface area contributed by atoms with E-state index in [1.165, 1.54) is 12.0 Å². The number of carbonyl (C=O) groups is 1. The van der Waals surface area contributed by atoms with E-state index in [0.29, 0.717) is 13.1 Å². The normalized spacial score (nSPS) is 19.9. The number of hydrogen-bond donors (Lipinski definition) is 1. The van der Waals surface area contributed by atoms with Crippen molar-refractivity contribution < 1.29 is 23.4 Å². The molecular weight excluding hydrogens is 184 g/mol. The molecule has 0 saturated carbocycles. The molecule has 0 spiro atoms.